The molecule has 32 heavy (non-hydrogen) atoms. The van der Waals surface area contributed by atoms with Gasteiger partial charge in [-0.2, -0.15) is 4.31 Å². The van der Waals surface area contributed by atoms with Crippen LogP contribution in [0.15, 0.2) is 41.3 Å². The van der Waals surface area contributed by atoms with Gasteiger partial charge in [0.2, 0.25) is 10.0 Å². The maximum Gasteiger partial charge on any atom is 0.266 e. The van der Waals surface area contributed by atoms with Crippen molar-refractivity contribution in [3.63, 3.8) is 0 Å². The van der Waals surface area contributed by atoms with Crippen molar-refractivity contribution in [2.75, 3.05) is 32.8 Å². The molecular formula is C22H24F2N2O5S. The number of amides is 1. The van der Waals surface area contributed by atoms with Crippen molar-refractivity contribution in [1.29, 1.82) is 0 Å². The number of halogens is 2. The van der Waals surface area contributed by atoms with Gasteiger partial charge in [-0.25, -0.2) is 17.2 Å². The summed E-state index contributed by atoms with van der Waals surface area (Å²) >= 11 is 0. The van der Waals surface area contributed by atoms with Gasteiger partial charge in [0.25, 0.3) is 5.91 Å². The average Bonchev–Trinajstić information content (AvgIpc) is 3.23. The van der Waals surface area contributed by atoms with Crippen LogP contribution in [0.25, 0.3) is 0 Å². The summed E-state index contributed by atoms with van der Waals surface area (Å²) in [6, 6.07) is 7.92. The number of piperazine rings is 1. The first-order valence-corrected chi connectivity index (χ1v) is 11.7. The molecule has 1 amide bonds. The number of hydrogen-bond acceptors (Lipinski definition) is 5. The largest absolute Gasteiger partial charge is 0.493 e. The summed E-state index contributed by atoms with van der Waals surface area (Å²) in [5, 5.41) is 0. The zero-order chi connectivity index (χ0) is 23.1. The summed E-state index contributed by atoms with van der Waals surface area (Å²) in [5.41, 5.74) is -0.471. The molecule has 10 heteroatoms. The van der Waals surface area contributed by atoms with Gasteiger partial charge in [0.05, 0.1) is 11.5 Å². The Morgan fingerprint density at radius 1 is 1.03 bits per heavy atom. The minimum Gasteiger partial charge on any atom is -0.493 e. The van der Waals surface area contributed by atoms with Crippen LogP contribution in [0.1, 0.15) is 19.4 Å². The second-order valence-corrected chi connectivity index (χ2v) is 10.2. The van der Waals surface area contributed by atoms with E-state index >= 15 is 0 Å². The molecular weight excluding hydrogens is 442 g/mol. The van der Waals surface area contributed by atoms with Crippen LogP contribution in [0.3, 0.4) is 0 Å². The molecule has 0 spiro atoms. The molecule has 4 rings (SSSR count). The number of benzene rings is 2. The Morgan fingerprint density at radius 2 is 1.75 bits per heavy atom. The van der Waals surface area contributed by atoms with E-state index in [2.05, 4.69) is 0 Å². The summed E-state index contributed by atoms with van der Waals surface area (Å²) in [6.45, 7) is 4.28. The topological polar surface area (TPSA) is 76.2 Å². The van der Waals surface area contributed by atoms with E-state index in [1.54, 1.807) is 12.1 Å². The number of rotatable bonds is 5. The number of sulfonamides is 1. The van der Waals surface area contributed by atoms with Gasteiger partial charge in [-0.05, 0) is 49.7 Å². The average molecular weight is 467 g/mol. The van der Waals surface area contributed by atoms with Crippen LogP contribution in [0.4, 0.5) is 8.78 Å². The molecule has 0 atom stereocenters. The molecule has 0 unspecified atom stereocenters. The van der Waals surface area contributed by atoms with E-state index in [1.807, 2.05) is 0 Å². The molecule has 0 aliphatic carbocycles. The van der Waals surface area contributed by atoms with Crippen molar-refractivity contribution in [2.45, 2.75) is 30.8 Å². The van der Waals surface area contributed by atoms with E-state index in [1.165, 1.54) is 35.2 Å². The third-order valence-corrected chi connectivity index (χ3v) is 7.50. The number of hydrogen-bond donors (Lipinski definition) is 0. The van der Waals surface area contributed by atoms with Gasteiger partial charge in [0.15, 0.2) is 17.2 Å². The standard InChI is InChI=1S/C22H24F2N2O5S/c1-22(2,31-16-3-5-18(23)19(24)14-16)21(27)25-8-10-26(11-9-25)32(28,29)17-4-6-20-15(13-17)7-12-30-20/h3-6,13-14H,7-12H2,1-2H3. The van der Waals surface area contributed by atoms with Crippen molar-refractivity contribution in [3.05, 3.63) is 53.6 Å². The minimum atomic E-state index is -3.69. The Labute approximate surface area is 185 Å². The van der Waals surface area contributed by atoms with Crippen molar-refractivity contribution < 1.29 is 31.5 Å². The second kappa shape index (κ2) is 8.32. The van der Waals surface area contributed by atoms with Gasteiger partial charge in [-0.3, -0.25) is 4.79 Å². The highest BCUT2D eigenvalue weighted by molar-refractivity contribution is 7.89. The predicted molar refractivity (Wildman–Crippen MR) is 112 cm³/mol. The fraction of sp³-hybridized carbons (Fsp3) is 0.409. The van der Waals surface area contributed by atoms with Gasteiger partial charge < -0.3 is 14.4 Å². The van der Waals surface area contributed by atoms with Gasteiger partial charge in [0, 0.05) is 38.7 Å². The molecule has 2 aromatic carbocycles. The van der Waals surface area contributed by atoms with Gasteiger partial charge in [-0.15, -0.1) is 0 Å². The number of ether oxygens (including phenoxy) is 2. The van der Waals surface area contributed by atoms with Crippen molar-refractivity contribution in [1.82, 2.24) is 9.21 Å². The Balaban J connectivity index is 1.41. The van der Waals surface area contributed by atoms with E-state index in [0.29, 0.717) is 18.8 Å². The normalized spacial score (nSPS) is 17.1. The quantitative estimate of drug-likeness (QED) is 0.677. The number of nitrogens with zero attached hydrogens (tertiary/aromatic N) is 2. The lowest BCUT2D eigenvalue weighted by Gasteiger charge is -2.38. The van der Waals surface area contributed by atoms with Crippen molar-refractivity contribution >= 4 is 15.9 Å². The maximum atomic E-state index is 13.5. The highest BCUT2D eigenvalue weighted by Gasteiger charge is 2.38. The third kappa shape index (κ3) is 4.29. The van der Waals surface area contributed by atoms with Crippen LogP contribution in [0.2, 0.25) is 0 Å². The zero-order valence-electron chi connectivity index (χ0n) is 17.8. The fourth-order valence-corrected chi connectivity index (χ4v) is 5.34. The van der Waals surface area contributed by atoms with Crippen molar-refractivity contribution in [2.24, 2.45) is 0 Å². The number of carbonyl (C=O) groups excluding carboxylic acids is 1. The molecule has 0 N–H and O–H groups in total. The first-order chi connectivity index (χ1) is 15.1. The number of fused-ring (bicyclic) bond motifs is 1. The smallest absolute Gasteiger partial charge is 0.266 e. The van der Waals surface area contributed by atoms with E-state index < -0.39 is 27.3 Å². The van der Waals surface area contributed by atoms with E-state index in [9.17, 15) is 22.0 Å². The van der Waals surface area contributed by atoms with E-state index in [-0.39, 0.29) is 42.7 Å². The molecule has 0 saturated carbocycles. The molecule has 2 aromatic rings. The summed E-state index contributed by atoms with van der Waals surface area (Å²) in [7, 11) is -3.69. The third-order valence-electron chi connectivity index (χ3n) is 5.60. The molecule has 2 aliphatic rings. The monoisotopic (exact) mass is 466 g/mol. The van der Waals surface area contributed by atoms with Crippen molar-refractivity contribution in [3.8, 4) is 11.5 Å². The zero-order valence-corrected chi connectivity index (χ0v) is 18.6. The van der Waals surface area contributed by atoms with E-state index in [0.717, 1.165) is 17.7 Å². The van der Waals surface area contributed by atoms with Crippen LogP contribution in [-0.4, -0.2) is 61.9 Å². The summed E-state index contributed by atoms with van der Waals surface area (Å²) in [4.78, 5) is 14.7. The lowest BCUT2D eigenvalue weighted by atomic mass is 10.1. The lowest BCUT2D eigenvalue weighted by Crippen LogP contribution is -2.56. The Bertz CT molecular complexity index is 1150. The molecule has 1 saturated heterocycles. The molecule has 1 fully saturated rings. The Kier molecular flexibility index (Phi) is 5.85. The molecule has 172 valence electrons. The lowest BCUT2D eigenvalue weighted by molar-refractivity contribution is -0.146. The minimum absolute atomic E-state index is 0.0315. The van der Waals surface area contributed by atoms with E-state index in [4.69, 9.17) is 9.47 Å². The molecule has 2 heterocycles. The SMILES string of the molecule is CC(C)(Oc1ccc(F)c(F)c1)C(=O)N1CCN(S(=O)(=O)c2ccc3c(c2)CCO3)CC1. The first kappa shape index (κ1) is 22.5. The second-order valence-electron chi connectivity index (χ2n) is 8.25. The van der Waals surface area contributed by atoms with Crippen LogP contribution in [-0.2, 0) is 21.2 Å². The van der Waals surface area contributed by atoms with Gasteiger partial charge in [-0.1, -0.05) is 0 Å². The van der Waals surface area contributed by atoms with Crippen LogP contribution in [0, 0.1) is 11.6 Å². The molecule has 0 bridgehead atoms. The summed E-state index contributed by atoms with van der Waals surface area (Å²) < 4.78 is 65.1. The predicted octanol–water partition coefficient (Wildman–Crippen LogP) is 2.59. The van der Waals surface area contributed by atoms with Crippen LogP contribution < -0.4 is 9.47 Å². The van der Waals surface area contributed by atoms with Crippen LogP contribution >= 0.6 is 0 Å². The maximum absolute atomic E-state index is 13.5. The molecule has 7 nitrogen and oxygen atoms in total. The molecule has 0 radical (unpaired) electrons. The Morgan fingerprint density at radius 3 is 2.44 bits per heavy atom. The van der Waals surface area contributed by atoms with Gasteiger partial charge in [0.1, 0.15) is 11.5 Å². The summed E-state index contributed by atoms with van der Waals surface area (Å²) in [6.07, 6.45) is 0.675. The molecule has 0 aromatic heterocycles. The number of carbonyl (C=O) groups is 1. The van der Waals surface area contributed by atoms with Crippen LogP contribution in [0.5, 0.6) is 11.5 Å². The highest BCUT2D eigenvalue weighted by Crippen LogP contribution is 2.29. The molecule has 2 aliphatic heterocycles. The fourth-order valence-electron chi connectivity index (χ4n) is 3.86. The Hall–Kier alpha value is -2.72. The highest BCUT2D eigenvalue weighted by atomic mass is 32.2. The first-order valence-electron chi connectivity index (χ1n) is 10.3. The summed E-state index contributed by atoms with van der Waals surface area (Å²) in [5.74, 6) is -1.70. The van der Waals surface area contributed by atoms with Gasteiger partial charge >= 0.3 is 0 Å².